The van der Waals surface area contributed by atoms with E-state index >= 15 is 0 Å². The van der Waals surface area contributed by atoms with Crippen molar-refractivity contribution in [1.82, 2.24) is 0 Å². The Morgan fingerprint density at radius 3 is 2.50 bits per heavy atom. The molecule has 0 unspecified atom stereocenters. The first-order chi connectivity index (χ1) is 6.85. The lowest BCUT2D eigenvalue weighted by Gasteiger charge is -2.04. The molecule has 0 bridgehead atoms. The highest BCUT2D eigenvalue weighted by atomic mass is 35.5. The molecule has 0 aliphatic rings. The van der Waals surface area contributed by atoms with E-state index in [2.05, 4.69) is 24.3 Å². The van der Waals surface area contributed by atoms with Crippen LogP contribution in [0, 0.1) is 0 Å². The van der Waals surface area contributed by atoms with Crippen molar-refractivity contribution in [3.8, 4) is 0 Å². The van der Waals surface area contributed by atoms with Crippen LogP contribution in [0.15, 0.2) is 36.4 Å². The molecule has 0 amide bonds. The normalized spacial score (nSPS) is 10.7. The fourth-order valence-corrected chi connectivity index (χ4v) is 2.00. The van der Waals surface area contributed by atoms with E-state index in [1.165, 1.54) is 16.3 Å². The van der Waals surface area contributed by atoms with Gasteiger partial charge >= 0.3 is 0 Å². The van der Waals surface area contributed by atoms with Crippen molar-refractivity contribution in [2.24, 2.45) is 0 Å². The number of alkyl halides is 2. The molecular weight excluding hydrogens is 215 g/mol. The maximum atomic E-state index is 5.85. The molecule has 2 heteroatoms. The SMILES string of the molecule is ClCc1ccc2c(CCl)cccc2c1. The summed E-state index contributed by atoms with van der Waals surface area (Å²) in [5.41, 5.74) is 2.32. The van der Waals surface area contributed by atoms with E-state index in [1.54, 1.807) is 0 Å². The van der Waals surface area contributed by atoms with Gasteiger partial charge in [0.05, 0.1) is 0 Å². The first-order valence-electron chi connectivity index (χ1n) is 4.47. The quantitative estimate of drug-likeness (QED) is 0.667. The molecule has 0 heterocycles. The zero-order valence-corrected chi connectivity index (χ0v) is 9.15. The largest absolute Gasteiger partial charge is 0.122 e. The monoisotopic (exact) mass is 224 g/mol. The summed E-state index contributed by atoms with van der Waals surface area (Å²) < 4.78 is 0. The zero-order chi connectivity index (χ0) is 9.97. The molecule has 14 heavy (non-hydrogen) atoms. The molecule has 0 aliphatic carbocycles. The smallest absolute Gasteiger partial charge is 0.0480 e. The van der Waals surface area contributed by atoms with Crippen molar-refractivity contribution >= 4 is 34.0 Å². The van der Waals surface area contributed by atoms with Crippen molar-refractivity contribution in [3.05, 3.63) is 47.5 Å². The lowest BCUT2D eigenvalue weighted by Crippen LogP contribution is -1.83. The minimum atomic E-state index is 0.553. The Morgan fingerprint density at radius 2 is 1.79 bits per heavy atom. The fourth-order valence-electron chi connectivity index (χ4n) is 1.60. The van der Waals surface area contributed by atoms with Crippen LogP contribution in [0.1, 0.15) is 11.1 Å². The Morgan fingerprint density at radius 1 is 0.929 bits per heavy atom. The van der Waals surface area contributed by atoms with E-state index in [0.717, 1.165) is 5.56 Å². The van der Waals surface area contributed by atoms with E-state index in [4.69, 9.17) is 23.2 Å². The molecule has 0 saturated carbocycles. The van der Waals surface area contributed by atoms with Crippen LogP contribution in [0.5, 0.6) is 0 Å². The van der Waals surface area contributed by atoms with E-state index in [0.29, 0.717) is 11.8 Å². The van der Waals surface area contributed by atoms with Crippen LogP contribution < -0.4 is 0 Å². The number of hydrogen-bond acceptors (Lipinski definition) is 0. The molecule has 0 aliphatic heterocycles. The third-order valence-corrected chi connectivity index (χ3v) is 2.93. The minimum Gasteiger partial charge on any atom is -0.122 e. The second-order valence-corrected chi connectivity index (χ2v) is 3.77. The third-order valence-electron chi connectivity index (χ3n) is 2.33. The number of halogens is 2. The molecule has 0 radical (unpaired) electrons. The van der Waals surface area contributed by atoms with Crippen molar-refractivity contribution in [2.45, 2.75) is 11.8 Å². The van der Waals surface area contributed by atoms with E-state index in [1.807, 2.05) is 12.1 Å². The van der Waals surface area contributed by atoms with Crippen molar-refractivity contribution in [1.29, 1.82) is 0 Å². The summed E-state index contributed by atoms with van der Waals surface area (Å²) in [5, 5.41) is 2.43. The molecule has 0 fully saturated rings. The molecular formula is C12H10Cl2. The first kappa shape index (κ1) is 9.82. The Bertz CT molecular complexity index is 449. The minimum absolute atomic E-state index is 0.553. The number of fused-ring (bicyclic) bond motifs is 1. The Kier molecular flexibility index (Phi) is 2.95. The molecule has 2 aromatic carbocycles. The van der Waals surface area contributed by atoms with Crippen LogP contribution in [0.2, 0.25) is 0 Å². The third kappa shape index (κ3) is 1.73. The van der Waals surface area contributed by atoms with Crippen molar-refractivity contribution in [3.63, 3.8) is 0 Å². The van der Waals surface area contributed by atoms with Gasteiger partial charge in [-0.1, -0.05) is 30.3 Å². The van der Waals surface area contributed by atoms with Crippen LogP contribution in [0.3, 0.4) is 0 Å². The van der Waals surface area contributed by atoms with Crippen molar-refractivity contribution < 1.29 is 0 Å². The number of rotatable bonds is 2. The van der Waals surface area contributed by atoms with Gasteiger partial charge in [0.15, 0.2) is 0 Å². The highest BCUT2D eigenvalue weighted by molar-refractivity contribution is 6.18. The molecule has 0 nitrogen and oxygen atoms in total. The molecule has 0 saturated heterocycles. The molecule has 2 aromatic rings. The summed E-state index contributed by atoms with van der Waals surface area (Å²) in [4.78, 5) is 0. The maximum Gasteiger partial charge on any atom is 0.0480 e. The second kappa shape index (κ2) is 4.20. The summed E-state index contributed by atoms with van der Waals surface area (Å²) in [6.07, 6.45) is 0. The summed E-state index contributed by atoms with van der Waals surface area (Å²) in [6, 6.07) is 12.4. The van der Waals surface area contributed by atoms with Gasteiger partial charge < -0.3 is 0 Å². The van der Waals surface area contributed by atoms with Gasteiger partial charge in [-0.2, -0.15) is 0 Å². The van der Waals surface area contributed by atoms with Gasteiger partial charge in [0, 0.05) is 11.8 Å². The van der Waals surface area contributed by atoms with Crippen LogP contribution in [0.25, 0.3) is 10.8 Å². The number of benzene rings is 2. The average Bonchev–Trinajstić information content (AvgIpc) is 2.27. The van der Waals surface area contributed by atoms with Gasteiger partial charge in [-0.05, 0) is 28.0 Å². The first-order valence-corrected chi connectivity index (χ1v) is 5.54. The Labute approximate surface area is 93.4 Å². The van der Waals surface area contributed by atoms with Gasteiger partial charge in [0.25, 0.3) is 0 Å². The Balaban J connectivity index is 2.67. The topological polar surface area (TPSA) is 0 Å². The highest BCUT2D eigenvalue weighted by Crippen LogP contribution is 2.22. The van der Waals surface area contributed by atoms with Gasteiger partial charge in [0.2, 0.25) is 0 Å². The van der Waals surface area contributed by atoms with Gasteiger partial charge in [-0.25, -0.2) is 0 Å². The second-order valence-electron chi connectivity index (χ2n) is 3.24. The van der Waals surface area contributed by atoms with Crippen molar-refractivity contribution in [2.75, 3.05) is 0 Å². The molecule has 0 aromatic heterocycles. The standard InChI is InChI=1S/C12H10Cl2/c13-7-9-4-5-12-10(6-9)2-1-3-11(12)8-14/h1-6H,7-8H2. The molecule has 0 spiro atoms. The lowest BCUT2D eigenvalue weighted by molar-refractivity contribution is 1.40. The van der Waals surface area contributed by atoms with E-state index < -0.39 is 0 Å². The maximum absolute atomic E-state index is 5.85. The van der Waals surface area contributed by atoms with Crippen LogP contribution in [-0.4, -0.2) is 0 Å². The van der Waals surface area contributed by atoms with E-state index in [-0.39, 0.29) is 0 Å². The molecule has 72 valence electrons. The number of hydrogen-bond donors (Lipinski definition) is 0. The summed E-state index contributed by atoms with van der Waals surface area (Å²) in [7, 11) is 0. The lowest BCUT2D eigenvalue weighted by atomic mass is 10.0. The van der Waals surface area contributed by atoms with Crippen LogP contribution in [-0.2, 0) is 11.8 Å². The average molecular weight is 225 g/mol. The zero-order valence-electron chi connectivity index (χ0n) is 7.63. The van der Waals surface area contributed by atoms with Gasteiger partial charge in [-0.3, -0.25) is 0 Å². The summed E-state index contributed by atoms with van der Waals surface area (Å²) >= 11 is 11.6. The molecule has 2 rings (SSSR count). The summed E-state index contributed by atoms with van der Waals surface area (Å²) in [5.74, 6) is 1.11. The highest BCUT2D eigenvalue weighted by Gasteiger charge is 2.00. The fraction of sp³-hybridized carbons (Fsp3) is 0.167. The van der Waals surface area contributed by atoms with Gasteiger partial charge in [0.1, 0.15) is 0 Å². The molecule has 0 N–H and O–H groups in total. The van der Waals surface area contributed by atoms with Crippen LogP contribution in [0.4, 0.5) is 0 Å². The Hall–Kier alpha value is -0.720. The predicted molar refractivity (Wildman–Crippen MR) is 63.1 cm³/mol. The molecule has 0 atom stereocenters. The summed E-state index contributed by atoms with van der Waals surface area (Å²) in [6.45, 7) is 0. The van der Waals surface area contributed by atoms with E-state index in [9.17, 15) is 0 Å². The van der Waals surface area contributed by atoms with Crippen LogP contribution >= 0.6 is 23.2 Å². The van der Waals surface area contributed by atoms with Gasteiger partial charge in [-0.15, -0.1) is 23.2 Å². The predicted octanol–water partition coefficient (Wildman–Crippen LogP) is 4.32.